The molecule has 0 atom stereocenters. The highest BCUT2D eigenvalue weighted by Crippen LogP contribution is 2.38. The Labute approximate surface area is 159 Å². The first-order chi connectivity index (χ1) is 12.1. The van der Waals surface area contributed by atoms with E-state index in [0.29, 0.717) is 11.7 Å². The Morgan fingerprint density at radius 2 is 1.73 bits per heavy atom. The van der Waals surface area contributed by atoms with E-state index in [-0.39, 0.29) is 11.2 Å². The van der Waals surface area contributed by atoms with E-state index in [1.54, 1.807) is 0 Å². The Hall–Kier alpha value is -1.67. The van der Waals surface area contributed by atoms with Gasteiger partial charge in [0.05, 0.1) is 16.9 Å². The van der Waals surface area contributed by atoms with E-state index in [4.69, 9.17) is 20.8 Å². The minimum atomic E-state index is -0.426. The van der Waals surface area contributed by atoms with Gasteiger partial charge in [-0.1, -0.05) is 30.3 Å². The second kappa shape index (κ2) is 6.81. The van der Waals surface area contributed by atoms with Crippen LogP contribution in [0.5, 0.6) is 0 Å². The first-order valence-corrected chi connectivity index (χ1v) is 9.54. The number of aromatic nitrogens is 1. The third kappa shape index (κ3) is 3.57. The molecule has 1 fully saturated rings. The lowest BCUT2D eigenvalue weighted by Crippen LogP contribution is -2.41. The van der Waals surface area contributed by atoms with Crippen LogP contribution in [0.1, 0.15) is 38.1 Å². The van der Waals surface area contributed by atoms with Gasteiger partial charge in [-0.2, -0.15) is 0 Å². The van der Waals surface area contributed by atoms with Crippen molar-refractivity contribution < 1.29 is 9.31 Å². The van der Waals surface area contributed by atoms with Gasteiger partial charge >= 0.3 is 7.12 Å². The first kappa shape index (κ1) is 19.1. The van der Waals surface area contributed by atoms with Crippen molar-refractivity contribution in [2.75, 3.05) is 12.3 Å². The average Bonchev–Trinajstić information content (AvgIpc) is 3.00. The van der Waals surface area contributed by atoms with Gasteiger partial charge in [0.15, 0.2) is 5.13 Å². The molecule has 0 saturated carbocycles. The Kier molecular flexibility index (Phi) is 5.01. The molecular weight excluding hydrogens is 345 g/mol. The molecule has 0 radical (unpaired) electrons. The van der Waals surface area contributed by atoms with Gasteiger partial charge in [-0.15, -0.1) is 11.3 Å². The molecule has 26 heavy (non-hydrogen) atoms. The predicted octanol–water partition coefficient (Wildman–Crippen LogP) is 3.67. The molecule has 138 valence electrons. The van der Waals surface area contributed by atoms with Gasteiger partial charge in [0.25, 0.3) is 0 Å². The zero-order chi connectivity index (χ0) is 19.1. The summed E-state index contributed by atoms with van der Waals surface area (Å²) in [5.74, 6) is 0. The molecule has 0 amide bonds. The molecule has 1 aliphatic heterocycles. The number of benzene rings is 1. The van der Waals surface area contributed by atoms with E-state index in [0.717, 1.165) is 27.2 Å². The normalized spacial score (nSPS) is 19.2. The fourth-order valence-electron chi connectivity index (χ4n) is 2.85. The summed E-state index contributed by atoms with van der Waals surface area (Å²) >= 11 is 1.50. The molecule has 1 aliphatic rings. The molecule has 0 spiro atoms. The summed E-state index contributed by atoms with van der Waals surface area (Å²) in [5, 5.41) is 0.590. The van der Waals surface area contributed by atoms with Crippen LogP contribution in [0, 0.1) is 6.92 Å². The molecule has 1 saturated heterocycles. The Morgan fingerprint density at radius 3 is 2.19 bits per heavy atom. The topological polar surface area (TPSA) is 83.4 Å². The van der Waals surface area contributed by atoms with Gasteiger partial charge in [-0.25, -0.2) is 4.98 Å². The summed E-state index contributed by atoms with van der Waals surface area (Å²) in [4.78, 5) is 5.52. The van der Waals surface area contributed by atoms with Crippen LogP contribution in [0.25, 0.3) is 17.3 Å². The molecule has 0 bridgehead atoms. The fourth-order valence-corrected chi connectivity index (χ4v) is 3.56. The number of nitrogens with zero attached hydrogens (tertiary/aromatic N) is 1. The van der Waals surface area contributed by atoms with Crippen molar-refractivity contribution in [1.82, 2.24) is 4.98 Å². The molecule has 0 aliphatic carbocycles. The van der Waals surface area contributed by atoms with E-state index in [1.165, 1.54) is 11.3 Å². The van der Waals surface area contributed by atoms with E-state index in [2.05, 4.69) is 4.98 Å². The second-order valence-electron chi connectivity index (χ2n) is 7.59. The van der Waals surface area contributed by atoms with Crippen molar-refractivity contribution in [3.63, 3.8) is 0 Å². The highest BCUT2D eigenvalue weighted by molar-refractivity contribution is 7.15. The molecule has 2 aromatic rings. The molecule has 7 heteroatoms. The Morgan fingerprint density at radius 1 is 1.15 bits per heavy atom. The quantitative estimate of drug-likeness (QED) is 0.801. The van der Waals surface area contributed by atoms with Crippen LogP contribution in [0.4, 0.5) is 5.13 Å². The lowest BCUT2D eigenvalue weighted by molar-refractivity contribution is 0.00578. The predicted molar refractivity (Wildman–Crippen MR) is 110 cm³/mol. The summed E-state index contributed by atoms with van der Waals surface area (Å²) < 4.78 is 12.2. The van der Waals surface area contributed by atoms with Crippen LogP contribution < -0.4 is 11.5 Å². The highest BCUT2D eigenvalue weighted by atomic mass is 32.1. The molecule has 4 N–H and O–H groups in total. The third-order valence-electron chi connectivity index (χ3n) is 5.14. The lowest BCUT2D eigenvalue weighted by Gasteiger charge is -2.32. The van der Waals surface area contributed by atoms with E-state index in [1.807, 2.05) is 65.0 Å². The Bertz CT molecular complexity index is 812. The fraction of sp³-hybridized carbons (Fsp3) is 0.421. The van der Waals surface area contributed by atoms with Crippen molar-refractivity contribution >= 4 is 29.7 Å². The number of thiazole rings is 1. The largest absolute Gasteiger partial charge is 0.491 e. The average molecular weight is 371 g/mol. The van der Waals surface area contributed by atoms with Gasteiger partial charge in [-0.3, -0.25) is 0 Å². The molecule has 0 unspecified atom stereocenters. The summed E-state index contributed by atoms with van der Waals surface area (Å²) in [5.41, 5.74) is 15.0. The van der Waals surface area contributed by atoms with Gasteiger partial charge in [0.2, 0.25) is 0 Å². The zero-order valence-corrected chi connectivity index (χ0v) is 16.8. The van der Waals surface area contributed by atoms with Crippen LogP contribution in [0.15, 0.2) is 29.7 Å². The first-order valence-electron chi connectivity index (χ1n) is 8.72. The van der Waals surface area contributed by atoms with Crippen LogP contribution in [0.3, 0.4) is 0 Å². The van der Waals surface area contributed by atoms with Gasteiger partial charge in [0.1, 0.15) is 0 Å². The number of nitrogens with two attached hydrogens (primary N) is 2. The van der Waals surface area contributed by atoms with Crippen molar-refractivity contribution in [1.29, 1.82) is 0 Å². The number of anilines is 1. The van der Waals surface area contributed by atoms with Gasteiger partial charge in [0, 0.05) is 17.0 Å². The molecule has 5 nitrogen and oxygen atoms in total. The zero-order valence-electron chi connectivity index (χ0n) is 16.0. The minimum absolute atomic E-state index is 0.375. The van der Waals surface area contributed by atoms with Gasteiger partial charge < -0.3 is 20.8 Å². The van der Waals surface area contributed by atoms with Crippen LogP contribution in [0.2, 0.25) is 0 Å². The number of hydrogen-bond donors (Lipinski definition) is 2. The molecule has 1 aromatic heterocycles. The molecule has 1 aromatic carbocycles. The lowest BCUT2D eigenvalue weighted by atomic mass is 9.77. The summed E-state index contributed by atoms with van der Waals surface area (Å²) in [6, 6.07) is 8.19. The molecule has 2 heterocycles. The van der Waals surface area contributed by atoms with Crippen molar-refractivity contribution in [2.45, 2.75) is 45.8 Å². The monoisotopic (exact) mass is 371 g/mol. The maximum Gasteiger partial charge on any atom is 0.491 e. The number of nitrogen functional groups attached to an aromatic ring is 1. The highest BCUT2D eigenvalue weighted by Gasteiger charge is 2.52. The number of rotatable bonds is 4. The molecule has 3 rings (SSSR count). The van der Waals surface area contributed by atoms with E-state index < -0.39 is 7.12 Å². The Balaban J connectivity index is 1.83. The van der Waals surface area contributed by atoms with Crippen molar-refractivity contribution in [2.24, 2.45) is 5.73 Å². The number of hydrogen-bond acceptors (Lipinski definition) is 6. The van der Waals surface area contributed by atoms with E-state index >= 15 is 0 Å². The van der Waals surface area contributed by atoms with Crippen LogP contribution >= 0.6 is 11.3 Å². The maximum atomic E-state index is 6.11. The number of aryl methyl sites for hydroxylation is 1. The standard InChI is InChI=1S/C19H26BN3O2S/c1-12-16(23-17(22)26-12)14-8-6-13(7-9-14)10-15(11-21)20-24-18(2,3)19(4,5)25-20/h6-10H,11,21H2,1-5H3,(H2,22,23). The molecular formula is C19H26BN3O2S. The second-order valence-corrected chi connectivity index (χ2v) is 8.83. The third-order valence-corrected chi connectivity index (χ3v) is 5.94. The maximum absolute atomic E-state index is 6.11. The minimum Gasteiger partial charge on any atom is -0.400 e. The van der Waals surface area contributed by atoms with Gasteiger partial charge in [-0.05, 0) is 45.7 Å². The summed E-state index contributed by atoms with van der Waals surface area (Å²) in [6.07, 6.45) is 2.04. The summed E-state index contributed by atoms with van der Waals surface area (Å²) in [6.45, 7) is 10.6. The van der Waals surface area contributed by atoms with Crippen LogP contribution in [-0.2, 0) is 9.31 Å². The van der Waals surface area contributed by atoms with Crippen molar-refractivity contribution in [3.05, 3.63) is 40.2 Å². The SMILES string of the molecule is Cc1sc(N)nc1-c1ccc(C=C(CN)B2OC(C)(C)C(C)(C)O2)cc1. The summed E-state index contributed by atoms with van der Waals surface area (Å²) in [7, 11) is -0.426. The van der Waals surface area contributed by atoms with Crippen LogP contribution in [-0.4, -0.2) is 29.8 Å². The smallest absolute Gasteiger partial charge is 0.400 e. The van der Waals surface area contributed by atoms with Crippen molar-refractivity contribution in [3.8, 4) is 11.3 Å². The van der Waals surface area contributed by atoms with E-state index in [9.17, 15) is 0 Å².